The molecule has 0 saturated heterocycles. The maximum absolute atomic E-state index is 11.7. The zero-order chi connectivity index (χ0) is 12.3. The van der Waals surface area contributed by atoms with Gasteiger partial charge in [-0.3, -0.25) is 4.79 Å². The Kier molecular flexibility index (Phi) is 4.68. The van der Waals surface area contributed by atoms with Crippen molar-refractivity contribution < 1.29 is 9.21 Å². The van der Waals surface area contributed by atoms with Crippen LogP contribution in [0.3, 0.4) is 0 Å². The summed E-state index contributed by atoms with van der Waals surface area (Å²) < 4.78 is 5.79. The molecule has 1 aliphatic rings. The largest absolute Gasteiger partial charge is 0.444 e. The summed E-state index contributed by atoms with van der Waals surface area (Å²) in [5.74, 6) is 0.811. The van der Waals surface area contributed by atoms with E-state index in [0.717, 1.165) is 13.0 Å². The Morgan fingerprint density at radius 3 is 2.94 bits per heavy atom. The molecule has 0 radical (unpaired) electrons. The lowest BCUT2D eigenvalue weighted by atomic mass is 9.89. The molecule has 17 heavy (non-hydrogen) atoms. The maximum Gasteiger partial charge on any atom is 0.287 e. The first-order valence-corrected chi connectivity index (χ1v) is 7.53. The average molecular weight is 365 g/mol. The van der Waals surface area contributed by atoms with Crippen molar-refractivity contribution in [1.82, 2.24) is 5.32 Å². The zero-order valence-corrected chi connectivity index (χ0v) is 12.6. The van der Waals surface area contributed by atoms with Gasteiger partial charge < -0.3 is 9.73 Å². The number of alkyl halides is 1. The lowest BCUT2D eigenvalue weighted by Crippen LogP contribution is -2.31. The van der Waals surface area contributed by atoms with Crippen LogP contribution in [-0.4, -0.2) is 17.3 Å². The predicted molar refractivity (Wildman–Crippen MR) is 73.4 cm³/mol. The monoisotopic (exact) mass is 363 g/mol. The third-order valence-electron chi connectivity index (χ3n) is 3.07. The van der Waals surface area contributed by atoms with Crippen LogP contribution in [-0.2, 0) is 0 Å². The minimum atomic E-state index is -0.132. The zero-order valence-electron chi connectivity index (χ0n) is 9.42. The van der Waals surface area contributed by atoms with E-state index in [9.17, 15) is 4.79 Å². The number of halogens is 2. The van der Waals surface area contributed by atoms with Gasteiger partial charge in [0, 0.05) is 11.4 Å². The molecule has 94 valence electrons. The van der Waals surface area contributed by atoms with E-state index in [0.29, 0.717) is 21.2 Å². The van der Waals surface area contributed by atoms with Crippen LogP contribution < -0.4 is 5.32 Å². The van der Waals surface area contributed by atoms with Crippen LogP contribution in [0, 0.1) is 5.92 Å². The quantitative estimate of drug-likeness (QED) is 0.830. The molecule has 2 atom stereocenters. The van der Waals surface area contributed by atoms with Gasteiger partial charge in [-0.1, -0.05) is 22.4 Å². The minimum Gasteiger partial charge on any atom is -0.444 e. The van der Waals surface area contributed by atoms with Crippen molar-refractivity contribution in [2.24, 2.45) is 5.92 Å². The van der Waals surface area contributed by atoms with E-state index < -0.39 is 0 Å². The van der Waals surface area contributed by atoms with Gasteiger partial charge in [0.25, 0.3) is 5.91 Å². The second-order valence-electron chi connectivity index (χ2n) is 4.44. The lowest BCUT2D eigenvalue weighted by Gasteiger charge is -2.25. The summed E-state index contributed by atoms with van der Waals surface area (Å²) in [6, 6.07) is 3.40. The van der Waals surface area contributed by atoms with Gasteiger partial charge in [-0.25, -0.2) is 0 Å². The Morgan fingerprint density at radius 1 is 1.47 bits per heavy atom. The Balaban J connectivity index is 1.80. The van der Waals surface area contributed by atoms with Gasteiger partial charge in [0.05, 0.1) is 0 Å². The highest BCUT2D eigenvalue weighted by Crippen LogP contribution is 2.28. The van der Waals surface area contributed by atoms with Crippen molar-refractivity contribution in [2.45, 2.75) is 30.5 Å². The number of hydrogen-bond donors (Lipinski definition) is 1. The van der Waals surface area contributed by atoms with E-state index in [-0.39, 0.29) is 5.91 Å². The second-order valence-corrected chi connectivity index (χ2v) is 6.52. The van der Waals surface area contributed by atoms with Crippen LogP contribution in [0.5, 0.6) is 0 Å². The Hall–Kier alpha value is -0.290. The summed E-state index contributed by atoms with van der Waals surface area (Å²) in [6.07, 6.45) is 4.82. The van der Waals surface area contributed by atoms with Crippen LogP contribution in [0.1, 0.15) is 36.2 Å². The fraction of sp³-hybridized carbons (Fsp3) is 0.583. The van der Waals surface area contributed by atoms with E-state index in [1.807, 2.05) is 0 Å². The first-order chi connectivity index (χ1) is 8.15. The van der Waals surface area contributed by atoms with Crippen LogP contribution in [0.25, 0.3) is 0 Å². The van der Waals surface area contributed by atoms with E-state index in [4.69, 9.17) is 4.42 Å². The van der Waals surface area contributed by atoms with Crippen molar-refractivity contribution in [2.75, 3.05) is 6.54 Å². The highest BCUT2D eigenvalue weighted by Gasteiger charge is 2.21. The van der Waals surface area contributed by atoms with Crippen molar-refractivity contribution in [3.05, 3.63) is 22.6 Å². The SMILES string of the molecule is O=C(NCC1CCCC(Br)C1)c1ccc(Br)o1. The molecule has 2 rings (SSSR count). The van der Waals surface area contributed by atoms with Crippen LogP contribution in [0.4, 0.5) is 0 Å². The molecule has 1 saturated carbocycles. The van der Waals surface area contributed by atoms with Crippen LogP contribution in [0.2, 0.25) is 0 Å². The summed E-state index contributed by atoms with van der Waals surface area (Å²) in [5.41, 5.74) is 0. The van der Waals surface area contributed by atoms with E-state index >= 15 is 0 Å². The summed E-state index contributed by atoms with van der Waals surface area (Å²) in [6.45, 7) is 0.735. The van der Waals surface area contributed by atoms with E-state index in [1.165, 1.54) is 19.3 Å². The minimum absolute atomic E-state index is 0.132. The topological polar surface area (TPSA) is 42.2 Å². The molecule has 1 amide bonds. The first-order valence-electron chi connectivity index (χ1n) is 5.83. The third-order valence-corrected chi connectivity index (χ3v) is 4.32. The average Bonchev–Trinajstić information content (AvgIpc) is 2.73. The van der Waals surface area contributed by atoms with E-state index in [1.54, 1.807) is 12.1 Å². The van der Waals surface area contributed by atoms with Gasteiger partial charge in [-0.15, -0.1) is 0 Å². The van der Waals surface area contributed by atoms with Gasteiger partial charge >= 0.3 is 0 Å². The molecule has 2 unspecified atom stereocenters. The molecule has 0 aliphatic heterocycles. The number of amides is 1. The van der Waals surface area contributed by atoms with Gasteiger partial charge in [0.2, 0.25) is 0 Å². The molecule has 0 bridgehead atoms. The normalized spacial score (nSPS) is 24.6. The number of furan rings is 1. The van der Waals surface area contributed by atoms with E-state index in [2.05, 4.69) is 37.2 Å². The molecule has 1 fully saturated rings. The Bertz CT molecular complexity index is 392. The first kappa shape index (κ1) is 13.1. The molecule has 1 aromatic rings. The number of rotatable bonds is 3. The van der Waals surface area contributed by atoms with Crippen molar-refractivity contribution in [1.29, 1.82) is 0 Å². The van der Waals surface area contributed by atoms with Crippen molar-refractivity contribution in [3.8, 4) is 0 Å². The smallest absolute Gasteiger partial charge is 0.287 e. The third kappa shape index (κ3) is 3.85. The lowest BCUT2D eigenvalue weighted by molar-refractivity contribution is 0.0915. The fourth-order valence-electron chi connectivity index (χ4n) is 2.17. The molecule has 0 spiro atoms. The Morgan fingerprint density at radius 2 is 2.29 bits per heavy atom. The van der Waals surface area contributed by atoms with Crippen LogP contribution in [0.15, 0.2) is 21.2 Å². The molecule has 3 nitrogen and oxygen atoms in total. The standard InChI is InChI=1S/C12H15Br2NO2/c13-9-3-1-2-8(6-9)7-15-12(16)10-4-5-11(14)17-10/h4-5,8-9H,1-3,6-7H2,(H,15,16). The molecule has 0 aromatic carbocycles. The number of hydrogen-bond acceptors (Lipinski definition) is 2. The van der Waals surface area contributed by atoms with Gasteiger partial charge in [-0.2, -0.15) is 0 Å². The summed E-state index contributed by atoms with van der Waals surface area (Å²) in [5, 5.41) is 2.93. The van der Waals surface area contributed by atoms with Crippen molar-refractivity contribution >= 4 is 37.8 Å². The fourth-order valence-corrected chi connectivity index (χ4v) is 3.33. The molecule has 1 N–H and O–H groups in total. The van der Waals surface area contributed by atoms with Gasteiger partial charge in [-0.05, 0) is 53.2 Å². The number of nitrogens with one attached hydrogen (secondary N) is 1. The number of carbonyl (C=O) groups is 1. The van der Waals surface area contributed by atoms with Crippen LogP contribution >= 0.6 is 31.9 Å². The Labute approximate surface area is 118 Å². The highest BCUT2D eigenvalue weighted by atomic mass is 79.9. The highest BCUT2D eigenvalue weighted by molar-refractivity contribution is 9.10. The molecule has 1 aliphatic carbocycles. The maximum atomic E-state index is 11.7. The van der Waals surface area contributed by atoms with Gasteiger partial charge in [0.15, 0.2) is 10.4 Å². The molecular formula is C12H15Br2NO2. The molecular weight excluding hydrogens is 350 g/mol. The summed E-state index contributed by atoms with van der Waals surface area (Å²) in [7, 11) is 0. The van der Waals surface area contributed by atoms with Gasteiger partial charge in [0.1, 0.15) is 0 Å². The molecule has 1 heterocycles. The second kappa shape index (κ2) is 6.05. The molecule has 5 heteroatoms. The predicted octanol–water partition coefficient (Wildman–Crippen LogP) is 3.73. The van der Waals surface area contributed by atoms with Crippen molar-refractivity contribution in [3.63, 3.8) is 0 Å². The molecule has 1 aromatic heterocycles. The summed E-state index contributed by atoms with van der Waals surface area (Å²) in [4.78, 5) is 12.4. The number of carbonyl (C=O) groups excluding carboxylic acids is 1. The summed E-state index contributed by atoms with van der Waals surface area (Å²) >= 11 is 6.83.